The number of benzene rings is 1. The van der Waals surface area contributed by atoms with Crippen LogP contribution in [0.5, 0.6) is 11.6 Å². The quantitative estimate of drug-likeness (QED) is 0.772. The molecule has 5 heteroatoms. The Kier molecular flexibility index (Phi) is 3.60. The first-order valence-electron chi connectivity index (χ1n) is 7.32. The van der Waals surface area contributed by atoms with Crippen molar-refractivity contribution in [3.63, 3.8) is 0 Å². The fourth-order valence-corrected chi connectivity index (χ4v) is 3.28. The van der Waals surface area contributed by atoms with E-state index in [0.29, 0.717) is 11.8 Å². The zero-order valence-corrected chi connectivity index (χ0v) is 13.8. The second kappa shape index (κ2) is 5.20. The van der Waals surface area contributed by atoms with E-state index in [-0.39, 0.29) is 22.1 Å². The third-order valence-electron chi connectivity index (χ3n) is 4.92. The summed E-state index contributed by atoms with van der Waals surface area (Å²) in [6.45, 7) is 8.71. The zero-order chi connectivity index (χ0) is 16.1. The number of hydrogen-bond donors (Lipinski definition) is 0. The SMILES string of the molecule is CC1c2cc(Oc3c(F)cccc3Cl)nnc2C(C)(C)C1C. The summed E-state index contributed by atoms with van der Waals surface area (Å²) in [5, 5.41) is 8.63. The molecule has 116 valence electrons. The van der Waals surface area contributed by atoms with Gasteiger partial charge in [-0.25, -0.2) is 4.39 Å². The molecule has 3 rings (SSSR count). The molecule has 0 spiro atoms. The van der Waals surface area contributed by atoms with Gasteiger partial charge in [0.15, 0.2) is 11.6 Å². The molecule has 1 aliphatic rings. The average molecular weight is 321 g/mol. The van der Waals surface area contributed by atoms with E-state index in [1.54, 1.807) is 6.07 Å². The van der Waals surface area contributed by atoms with Gasteiger partial charge in [-0.3, -0.25) is 0 Å². The lowest BCUT2D eigenvalue weighted by Crippen LogP contribution is -2.23. The van der Waals surface area contributed by atoms with Crippen molar-refractivity contribution >= 4 is 11.6 Å². The van der Waals surface area contributed by atoms with Gasteiger partial charge in [-0.1, -0.05) is 45.4 Å². The molecule has 0 radical (unpaired) electrons. The molecule has 0 fully saturated rings. The van der Waals surface area contributed by atoms with Gasteiger partial charge in [-0.15, -0.1) is 5.10 Å². The molecule has 1 aromatic carbocycles. The Morgan fingerprint density at radius 2 is 1.95 bits per heavy atom. The highest BCUT2D eigenvalue weighted by Gasteiger charge is 2.43. The number of hydrogen-bond acceptors (Lipinski definition) is 3. The van der Waals surface area contributed by atoms with E-state index < -0.39 is 5.82 Å². The Bertz CT molecular complexity index is 712. The molecular formula is C17H18ClFN2O. The summed E-state index contributed by atoms with van der Waals surface area (Å²) in [6.07, 6.45) is 0. The maximum atomic E-state index is 13.8. The van der Waals surface area contributed by atoms with Crippen molar-refractivity contribution in [2.24, 2.45) is 5.92 Å². The van der Waals surface area contributed by atoms with Crippen molar-refractivity contribution in [2.45, 2.75) is 39.0 Å². The van der Waals surface area contributed by atoms with Gasteiger partial charge in [0.1, 0.15) is 0 Å². The number of halogens is 2. The summed E-state index contributed by atoms with van der Waals surface area (Å²) in [6, 6.07) is 6.26. The highest BCUT2D eigenvalue weighted by molar-refractivity contribution is 6.32. The standard InChI is InChI=1S/C17H18ClFN2O/c1-9-10(2)17(3,4)16-11(9)8-14(20-21-16)22-15-12(18)6-5-7-13(15)19/h5-10H,1-4H3. The maximum Gasteiger partial charge on any atom is 0.239 e. The van der Waals surface area contributed by atoms with Gasteiger partial charge >= 0.3 is 0 Å². The van der Waals surface area contributed by atoms with Gasteiger partial charge in [0.05, 0.1) is 10.7 Å². The van der Waals surface area contributed by atoms with Crippen LogP contribution in [0.1, 0.15) is 44.9 Å². The van der Waals surface area contributed by atoms with E-state index in [0.717, 1.165) is 11.3 Å². The molecule has 0 saturated carbocycles. The highest BCUT2D eigenvalue weighted by atomic mass is 35.5. The van der Waals surface area contributed by atoms with Crippen LogP contribution in [0.25, 0.3) is 0 Å². The first-order chi connectivity index (χ1) is 10.3. The fourth-order valence-electron chi connectivity index (χ4n) is 3.08. The minimum absolute atomic E-state index is 0.0172. The van der Waals surface area contributed by atoms with E-state index in [2.05, 4.69) is 37.9 Å². The molecule has 2 aromatic rings. The minimum atomic E-state index is -0.517. The third kappa shape index (κ3) is 2.26. The van der Waals surface area contributed by atoms with Crippen LogP contribution in [0.4, 0.5) is 4.39 Å². The van der Waals surface area contributed by atoms with Crippen molar-refractivity contribution in [2.75, 3.05) is 0 Å². The minimum Gasteiger partial charge on any atom is -0.433 e. The molecule has 3 nitrogen and oxygen atoms in total. The van der Waals surface area contributed by atoms with Crippen molar-refractivity contribution < 1.29 is 9.13 Å². The summed E-state index contributed by atoms with van der Waals surface area (Å²) >= 11 is 5.98. The van der Waals surface area contributed by atoms with E-state index in [4.69, 9.17) is 16.3 Å². The number of aromatic nitrogens is 2. The molecule has 2 unspecified atom stereocenters. The van der Waals surface area contributed by atoms with Crippen molar-refractivity contribution in [3.8, 4) is 11.6 Å². The predicted molar refractivity (Wildman–Crippen MR) is 84.1 cm³/mol. The van der Waals surface area contributed by atoms with Gasteiger partial charge in [0, 0.05) is 11.5 Å². The average Bonchev–Trinajstić information content (AvgIpc) is 2.64. The second-order valence-corrected chi connectivity index (χ2v) is 6.85. The predicted octanol–water partition coefficient (Wildman–Crippen LogP) is 5.09. The summed E-state index contributed by atoms with van der Waals surface area (Å²) in [4.78, 5) is 0. The third-order valence-corrected chi connectivity index (χ3v) is 5.21. The Morgan fingerprint density at radius 3 is 2.64 bits per heavy atom. The number of rotatable bonds is 2. The van der Waals surface area contributed by atoms with Crippen LogP contribution in [-0.4, -0.2) is 10.2 Å². The van der Waals surface area contributed by atoms with Crippen LogP contribution < -0.4 is 4.74 Å². The highest BCUT2D eigenvalue weighted by Crippen LogP contribution is 2.49. The van der Waals surface area contributed by atoms with Gasteiger partial charge in [-0.2, -0.15) is 5.10 Å². The zero-order valence-electron chi connectivity index (χ0n) is 13.0. The molecule has 2 atom stereocenters. The topological polar surface area (TPSA) is 35.0 Å². The van der Waals surface area contributed by atoms with Crippen LogP contribution in [0.15, 0.2) is 24.3 Å². The molecule has 0 N–H and O–H groups in total. The Balaban J connectivity index is 2.00. The molecule has 0 bridgehead atoms. The van der Waals surface area contributed by atoms with Crippen molar-refractivity contribution in [3.05, 3.63) is 46.4 Å². The Labute approximate surface area is 134 Å². The molecule has 0 saturated heterocycles. The van der Waals surface area contributed by atoms with Crippen LogP contribution in [0.3, 0.4) is 0 Å². The maximum absolute atomic E-state index is 13.8. The molecular weight excluding hydrogens is 303 g/mol. The van der Waals surface area contributed by atoms with Crippen molar-refractivity contribution in [1.29, 1.82) is 0 Å². The lowest BCUT2D eigenvalue weighted by atomic mass is 9.79. The van der Waals surface area contributed by atoms with Gasteiger partial charge in [-0.05, 0) is 29.5 Å². The lowest BCUT2D eigenvalue weighted by molar-refractivity contribution is 0.335. The van der Waals surface area contributed by atoms with Gasteiger partial charge < -0.3 is 4.74 Å². The van der Waals surface area contributed by atoms with Crippen LogP contribution in [-0.2, 0) is 5.41 Å². The van der Waals surface area contributed by atoms with Gasteiger partial charge in [0.2, 0.25) is 5.88 Å². The van der Waals surface area contributed by atoms with Gasteiger partial charge in [0.25, 0.3) is 0 Å². The molecule has 0 amide bonds. The molecule has 22 heavy (non-hydrogen) atoms. The molecule has 1 aromatic heterocycles. The number of fused-ring (bicyclic) bond motifs is 1. The normalized spacial score (nSPS) is 22.5. The molecule has 1 heterocycles. The van der Waals surface area contributed by atoms with Crippen molar-refractivity contribution in [1.82, 2.24) is 10.2 Å². The van der Waals surface area contributed by atoms with E-state index in [1.165, 1.54) is 12.1 Å². The number of ether oxygens (including phenoxy) is 1. The molecule has 0 aliphatic heterocycles. The lowest BCUT2D eigenvalue weighted by Gasteiger charge is -2.25. The first kappa shape index (κ1) is 15.2. The Hall–Kier alpha value is -1.68. The largest absolute Gasteiger partial charge is 0.433 e. The van der Waals surface area contributed by atoms with Crippen LogP contribution >= 0.6 is 11.6 Å². The number of para-hydroxylation sites is 1. The number of nitrogens with zero attached hydrogens (tertiary/aromatic N) is 2. The fraction of sp³-hybridized carbons (Fsp3) is 0.412. The monoisotopic (exact) mass is 320 g/mol. The van der Waals surface area contributed by atoms with Crippen LogP contribution in [0, 0.1) is 11.7 Å². The van der Waals surface area contributed by atoms with Crippen LogP contribution in [0.2, 0.25) is 5.02 Å². The smallest absolute Gasteiger partial charge is 0.239 e. The molecule has 1 aliphatic carbocycles. The summed E-state index contributed by atoms with van der Waals surface area (Å²) < 4.78 is 19.4. The first-order valence-corrected chi connectivity index (χ1v) is 7.70. The summed E-state index contributed by atoms with van der Waals surface area (Å²) in [5.74, 6) is 0.526. The van der Waals surface area contributed by atoms with E-state index >= 15 is 0 Å². The summed E-state index contributed by atoms with van der Waals surface area (Å²) in [7, 11) is 0. The summed E-state index contributed by atoms with van der Waals surface area (Å²) in [5.41, 5.74) is 2.06. The van der Waals surface area contributed by atoms with E-state index in [9.17, 15) is 4.39 Å². The Morgan fingerprint density at radius 1 is 1.23 bits per heavy atom. The second-order valence-electron chi connectivity index (χ2n) is 6.44. The van der Waals surface area contributed by atoms with E-state index in [1.807, 2.05) is 6.07 Å².